The smallest absolute Gasteiger partial charge is 0.374 e. The summed E-state index contributed by atoms with van der Waals surface area (Å²) in [6, 6.07) is 0. The van der Waals surface area contributed by atoms with Crippen molar-refractivity contribution in [1.29, 1.82) is 0 Å². The zero-order valence-corrected chi connectivity index (χ0v) is 11.9. The van der Waals surface area contributed by atoms with Gasteiger partial charge < -0.3 is 5.11 Å². The Morgan fingerprint density at radius 2 is 1.48 bits per heavy atom. The van der Waals surface area contributed by atoms with Crippen LogP contribution in [0.5, 0.6) is 0 Å². The van der Waals surface area contributed by atoms with Crippen molar-refractivity contribution in [2.45, 2.75) is 57.5 Å². The second-order valence-electron chi connectivity index (χ2n) is 6.96. The Kier molecular flexibility index (Phi) is 4.05. The highest BCUT2D eigenvalue weighted by atomic mass is 19.4. The van der Waals surface area contributed by atoms with E-state index in [0.29, 0.717) is 12.8 Å². The predicted molar refractivity (Wildman–Crippen MR) is 64.3 cm³/mol. The van der Waals surface area contributed by atoms with E-state index in [9.17, 15) is 31.4 Å². The van der Waals surface area contributed by atoms with Crippen LogP contribution >= 0.6 is 0 Å². The summed E-state index contributed by atoms with van der Waals surface area (Å²) in [6.07, 6.45) is -10.7. The highest BCUT2D eigenvalue weighted by molar-refractivity contribution is 5.02. The molecule has 1 nitrogen and oxygen atoms in total. The monoisotopic (exact) mass is 318 g/mol. The van der Waals surface area contributed by atoms with Gasteiger partial charge in [0, 0.05) is 0 Å². The van der Waals surface area contributed by atoms with Crippen LogP contribution in [0.4, 0.5) is 26.3 Å². The van der Waals surface area contributed by atoms with Crippen molar-refractivity contribution in [2.75, 3.05) is 0 Å². The minimum atomic E-state index is -5.69. The number of halogens is 6. The first kappa shape index (κ1) is 16.9. The molecule has 2 aliphatic rings. The van der Waals surface area contributed by atoms with Gasteiger partial charge in [-0.05, 0) is 55.3 Å². The first-order chi connectivity index (χ1) is 9.37. The van der Waals surface area contributed by atoms with Crippen LogP contribution in [0.2, 0.25) is 0 Å². The van der Waals surface area contributed by atoms with Crippen molar-refractivity contribution in [3.63, 3.8) is 0 Å². The molecule has 0 radical (unpaired) electrons. The SMILES string of the molecule is CC(C)C1CC2CC(CC(O)(C(F)(F)F)C(F)(F)F)C1C2. The minimum absolute atomic E-state index is 0.133. The first-order valence-electron chi connectivity index (χ1n) is 7.22. The molecule has 124 valence electrons. The van der Waals surface area contributed by atoms with E-state index in [1.54, 1.807) is 0 Å². The molecule has 0 aromatic carbocycles. The van der Waals surface area contributed by atoms with Gasteiger partial charge in [-0.15, -0.1) is 0 Å². The molecule has 0 amide bonds. The van der Waals surface area contributed by atoms with Gasteiger partial charge in [0.05, 0.1) is 0 Å². The molecule has 7 heteroatoms. The molecule has 2 fully saturated rings. The maximum absolute atomic E-state index is 12.8. The molecule has 2 aliphatic carbocycles. The van der Waals surface area contributed by atoms with Crippen LogP contribution in [0.15, 0.2) is 0 Å². The first-order valence-corrected chi connectivity index (χ1v) is 7.22. The van der Waals surface area contributed by atoms with E-state index in [1.165, 1.54) is 0 Å². The second-order valence-corrected chi connectivity index (χ2v) is 6.96. The zero-order valence-electron chi connectivity index (χ0n) is 11.9. The Morgan fingerprint density at radius 1 is 0.952 bits per heavy atom. The summed E-state index contributed by atoms with van der Waals surface area (Å²) in [5, 5.41) is 9.35. The summed E-state index contributed by atoms with van der Waals surface area (Å²) >= 11 is 0. The Labute approximate surface area is 119 Å². The largest absolute Gasteiger partial charge is 0.426 e. The van der Waals surface area contributed by atoms with Crippen molar-refractivity contribution in [3.05, 3.63) is 0 Å². The predicted octanol–water partition coefficient (Wildman–Crippen LogP) is 4.55. The molecule has 0 aromatic heterocycles. The van der Waals surface area contributed by atoms with E-state index in [4.69, 9.17) is 0 Å². The highest BCUT2D eigenvalue weighted by Gasteiger charge is 2.71. The van der Waals surface area contributed by atoms with E-state index in [2.05, 4.69) is 0 Å². The molecule has 0 spiro atoms. The van der Waals surface area contributed by atoms with Gasteiger partial charge in [0.2, 0.25) is 0 Å². The van der Waals surface area contributed by atoms with E-state index < -0.39 is 30.3 Å². The Morgan fingerprint density at radius 3 is 1.86 bits per heavy atom. The van der Waals surface area contributed by atoms with Crippen molar-refractivity contribution < 1.29 is 31.4 Å². The maximum Gasteiger partial charge on any atom is 0.426 e. The fraction of sp³-hybridized carbons (Fsp3) is 1.00. The van der Waals surface area contributed by atoms with Crippen LogP contribution in [0, 0.1) is 29.6 Å². The molecule has 2 saturated carbocycles. The van der Waals surface area contributed by atoms with Crippen molar-refractivity contribution >= 4 is 0 Å². The van der Waals surface area contributed by atoms with Gasteiger partial charge in [0.1, 0.15) is 0 Å². The van der Waals surface area contributed by atoms with E-state index >= 15 is 0 Å². The fourth-order valence-electron chi connectivity index (χ4n) is 4.33. The third-order valence-electron chi connectivity index (χ3n) is 5.35. The van der Waals surface area contributed by atoms with E-state index in [-0.39, 0.29) is 23.7 Å². The molecule has 0 aromatic rings. The number of rotatable bonds is 3. The number of fused-ring (bicyclic) bond motifs is 2. The average Bonchev–Trinajstić information content (AvgIpc) is 2.84. The quantitative estimate of drug-likeness (QED) is 0.757. The fourth-order valence-corrected chi connectivity index (χ4v) is 4.33. The summed E-state index contributed by atoms with van der Waals surface area (Å²) in [4.78, 5) is 0. The summed E-state index contributed by atoms with van der Waals surface area (Å²) in [7, 11) is 0. The summed E-state index contributed by atoms with van der Waals surface area (Å²) < 4.78 is 76.7. The van der Waals surface area contributed by atoms with Crippen LogP contribution in [0.25, 0.3) is 0 Å². The highest BCUT2D eigenvalue weighted by Crippen LogP contribution is 2.58. The maximum atomic E-state index is 12.8. The Bertz CT molecular complexity index is 372. The molecule has 0 saturated heterocycles. The Balaban J connectivity index is 2.20. The van der Waals surface area contributed by atoms with Crippen LogP contribution in [0.1, 0.15) is 39.5 Å². The molecule has 1 N–H and O–H groups in total. The van der Waals surface area contributed by atoms with Crippen LogP contribution in [0.3, 0.4) is 0 Å². The van der Waals surface area contributed by atoms with Gasteiger partial charge in [-0.3, -0.25) is 0 Å². The van der Waals surface area contributed by atoms with E-state index in [0.717, 1.165) is 6.42 Å². The lowest BCUT2D eigenvalue weighted by molar-refractivity contribution is -0.373. The van der Waals surface area contributed by atoms with Crippen LogP contribution in [-0.4, -0.2) is 23.1 Å². The lowest BCUT2D eigenvalue weighted by Gasteiger charge is -2.39. The molecule has 0 heterocycles. The zero-order chi connectivity index (χ0) is 16.2. The molecule has 2 rings (SSSR count). The summed E-state index contributed by atoms with van der Waals surface area (Å²) in [5.41, 5.74) is -4.59. The van der Waals surface area contributed by atoms with E-state index in [1.807, 2.05) is 13.8 Å². The van der Waals surface area contributed by atoms with Gasteiger partial charge in [0.25, 0.3) is 5.60 Å². The van der Waals surface area contributed by atoms with Crippen molar-refractivity contribution in [3.8, 4) is 0 Å². The van der Waals surface area contributed by atoms with Gasteiger partial charge in [-0.25, -0.2) is 0 Å². The number of hydrogen-bond donors (Lipinski definition) is 1. The average molecular weight is 318 g/mol. The lowest BCUT2D eigenvalue weighted by Crippen LogP contribution is -2.58. The standard InChI is InChI=1S/C14H20F6O/c1-7(2)10-4-8-3-9(11(10)5-8)6-12(21,13(15,16)17)14(18,19)20/h7-11,21H,3-6H2,1-2H3. The second kappa shape index (κ2) is 5.03. The summed E-state index contributed by atoms with van der Waals surface area (Å²) in [6.45, 7) is 3.89. The van der Waals surface area contributed by atoms with Crippen molar-refractivity contribution in [1.82, 2.24) is 0 Å². The number of hydrogen-bond acceptors (Lipinski definition) is 1. The third kappa shape index (κ3) is 2.78. The molecule has 2 bridgehead atoms. The number of aliphatic hydroxyl groups is 1. The third-order valence-corrected chi connectivity index (χ3v) is 5.35. The molecule has 21 heavy (non-hydrogen) atoms. The van der Waals surface area contributed by atoms with Gasteiger partial charge >= 0.3 is 12.4 Å². The topological polar surface area (TPSA) is 20.2 Å². The number of alkyl halides is 6. The van der Waals surface area contributed by atoms with Crippen LogP contribution < -0.4 is 0 Å². The van der Waals surface area contributed by atoms with Gasteiger partial charge in [-0.1, -0.05) is 13.8 Å². The molecule has 4 unspecified atom stereocenters. The Hall–Kier alpha value is -0.460. The van der Waals surface area contributed by atoms with Crippen LogP contribution in [-0.2, 0) is 0 Å². The minimum Gasteiger partial charge on any atom is -0.374 e. The lowest BCUT2D eigenvalue weighted by atomic mass is 9.71. The molecular weight excluding hydrogens is 298 g/mol. The molecular formula is C14H20F6O. The van der Waals surface area contributed by atoms with Gasteiger partial charge in [-0.2, -0.15) is 26.3 Å². The summed E-state index contributed by atoms with van der Waals surface area (Å²) in [5.74, 6) is -0.221. The van der Waals surface area contributed by atoms with Gasteiger partial charge in [0.15, 0.2) is 0 Å². The van der Waals surface area contributed by atoms with Crippen molar-refractivity contribution in [2.24, 2.45) is 29.6 Å². The normalized spacial score (nSPS) is 34.0. The molecule has 0 aliphatic heterocycles. The molecule has 4 atom stereocenters.